The number of halogens is 10. The van der Waals surface area contributed by atoms with Crippen molar-refractivity contribution < 1.29 is 73.6 Å². The van der Waals surface area contributed by atoms with Crippen LogP contribution in [0.1, 0.15) is 11.3 Å². The molecule has 2 aliphatic rings. The van der Waals surface area contributed by atoms with E-state index in [4.69, 9.17) is 29.7 Å². The Hall–Kier alpha value is -4.00. The summed E-state index contributed by atoms with van der Waals surface area (Å²) in [5.74, 6) is -6.90. The number of hydrogen-bond acceptors (Lipinski definition) is 6. The lowest BCUT2D eigenvalue weighted by Crippen LogP contribution is -2.28. The summed E-state index contributed by atoms with van der Waals surface area (Å²) in [6, 6.07) is 13.0. The number of likely N-dealkylation sites (tertiary alicyclic amines) is 2. The van der Waals surface area contributed by atoms with Gasteiger partial charge in [0, 0.05) is 45.5 Å². The summed E-state index contributed by atoms with van der Waals surface area (Å²) in [6.07, 6.45) is -13.4. The Morgan fingerprint density at radius 2 is 1.02 bits per heavy atom. The van der Waals surface area contributed by atoms with Crippen LogP contribution in [0.4, 0.5) is 43.9 Å². The van der Waals surface area contributed by atoms with Crippen LogP contribution in [0.15, 0.2) is 48.7 Å². The van der Waals surface area contributed by atoms with Crippen molar-refractivity contribution in [2.24, 2.45) is 11.8 Å². The molecule has 0 radical (unpaired) electrons. The molecule has 2 atom stereocenters. The van der Waals surface area contributed by atoms with E-state index in [1.807, 2.05) is 24.4 Å². The molecule has 3 heterocycles. The first-order valence-electron chi connectivity index (χ1n) is 12.1. The number of hydrogen-bond donors (Lipinski definition) is 3. The molecule has 0 amide bonds. The molecule has 246 valence electrons. The molecular formula is C25H25F10N3O6. The number of carboxylic acids is 3. The summed E-state index contributed by atoms with van der Waals surface area (Å²) >= 11 is 0. The molecule has 19 heteroatoms. The molecular weight excluding hydrogens is 628 g/mol. The number of benzene rings is 1. The summed E-state index contributed by atoms with van der Waals surface area (Å²) in [7, 11) is 0. The van der Waals surface area contributed by atoms with Gasteiger partial charge in [-0.2, -0.15) is 39.5 Å². The summed E-state index contributed by atoms with van der Waals surface area (Å²) in [6.45, 7) is 6.54. The minimum Gasteiger partial charge on any atom is -0.475 e. The van der Waals surface area contributed by atoms with Crippen molar-refractivity contribution in [3.63, 3.8) is 0 Å². The molecule has 2 fully saturated rings. The third-order valence-electron chi connectivity index (χ3n) is 5.80. The highest BCUT2D eigenvalue weighted by Gasteiger charge is 2.40. The molecule has 0 spiro atoms. The van der Waals surface area contributed by atoms with Crippen LogP contribution >= 0.6 is 0 Å². The Morgan fingerprint density at radius 3 is 1.34 bits per heavy atom. The number of aliphatic carboxylic acids is 3. The zero-order valence-electron chi connectivity index (χ0n) is 22.2. The van der Waals surface area contributed by atoms with E-state index in [-0.39, 0.29) is 5.82 Å². The Balaban J connectivity index is 0.000000379. The van der Waals surface area contributed by atoms with Crippen molar-refractivity contribution in [3.05, 3.63) is 65.7 Å². The zero-order chi connectivity index (χ0) is 33.9. The van der Waals surface area contributed by atoms with E-state index in [2.05, 4.69) is 26.9 Å². The third-order valence-corrected chi connectivity index (χ3v) is 5.80. The van der Waals surface area contributed by atoms with Crippen molar-refractivity contribution in [2.75, 3.05) is 26.2 Å². The molecule has 0 saturated carbocycles. The van der Waals surface area contributed by atoms with Crippen molar-refractivity contribution in [3.8, 4) is 0 Å². The van der Waals surface area contributed by atoms with Crippen LogP contribution in [0.25, 0.3) is 0 Å². The van der Waals surface area contributed by atoms with Gasteiger partial charge in [0.2, 0.25) is 0 Å². The summed E-state index contributed by atoms with van der Waals surface area (Å²) in [4.78, 5) is 36.2. The van der Waals surface area contributed by atoms with Gasteiger partial charge in [-0.25, -0.2) is 18.8 Å². The number of carboxylic acid groups (broad SMARTS) is 3. The number of nitrogens with zero attached hydrogens (tertiary/aromatic N) is 3. The quantitative estimate of drug-likeness (QED) is 0.403. The van der Waals surface area contributed by atoms with E-state index in [9.17, 15) is 43.9 Å². The highest BCUT2D eigenvalue weighted by atomic mass is 19.4. The average Bonchev–Trinajstić information content (AvgIpc) is 3.43. The normalized spacial score (nSPS) is 18.4. The molecule has 1 aromatic carbocycles. The van der Waals surface area contributed by atoms with Crippen molar-refractivity contribution in [1.82, 2.24) is 14.8 Å². The summed E-state index contributed by atoms with van der Waals surface area (Å²) in [5.41, 5.74) is 2.37. The van der Waals surface area contributed by atoms with Gasteiger partial charge in [-0.15, -0.1) is 0 Å². The number of rotatable bonds is 4. The average molecular weight is 653 g/mol. The number of aromatic nitrogens is 1. The standard InChI is InChI=1S/C19H22FN3.3C2HF3O2/c20-18-6-4-15(5-7-18)9-22-10-16-12-23(13-17(16)11-22)14-19-3-1-2-8-21-19;3*3-2(4,5)1(6)7/h1-8,16-17H,9-14H2;3*(H,6,7). The van der Waals surface area contributed by atoms with E-state index >= 15 is 0 Å². The monoisotopic (exact) mass is 653 g/mol. The predicted octanol–water partition coefficient (Wildman–Crippen LogP) is 4.68. The zero-order valence-corrected chi connectivity index (χ0v) is 22.2. The highest BCUT2D eigenvalue weighted by Crippen LogP contribution is 2.32. The van der Waals surface area contributed by atoms with Gasteiger partial charge in [0.25, 0.3) is 0 Å². The fourth-order valence-electron chi connectivity index (χ4n) is 4.01. The van der Waals surface area contributed by atoms with Gasteiger partial charge >= 0.3 is 36.4 Å². The molecule has 2 unspecified atom stereocenters. The topological polar surface area (TPSA) is 131 Å². The van der Waals surface area contributed by atoms with Crippen LogP contribution in [0.5, 0.6) is 0 Å². The molecule has 4 rings (SSSR count). The minimum absolute atomic E-state index is 0.155. The smallest absolute Gasteiger partial charge is 0.475 e. The van der Waals surface area contributed by atoms with Gasteiger partial charge in [-0.05, 0) is 41.7 Å². The molecule has 1 aromatic heterocycles. The maximum absolute atomic E-state index is 13.0. The van der Waals surface area contributed by atoms with E-state index in [0.717, 1.165) is 43.7 Å². The molecule has 2 aromatic rings. The van der Waals surface area contributed by atoms with E-state index < -0.39 is 36.4 Å². The first-order valence-corrected chi connectivity index (χ1v) is 12.1. The molecule has 3 N–H and O–H groups in total. The third kappa shape index (κ3) is 14.5. The van der Waals surface area contributed by atoms with Gasteiger partial charge in [0.05, 0.1) is 5.69 Å². The number of alkyl halides is 9. The summed E-state index contributed by atoms with van der Waals surface area (Å²) in [5, 5.41) is 21.4. The fraction of sp³-hybridized carbons (Fsp3) is 0.440. The molecule has 44 heavy (non-hydrogen) atoms. The Labute approximate surface area is 242 Å². The van der Waals surface area contributed by atoms with Crippen LogP contribution in [0.3, 0.4) is 0 Å². The van der Waals surface area contributed by atoms with Gasteiger partial charge in [-0.3, -0.25) is 14.8 Å². The maximum Gasteiger partial charge on any atom is 0.490 e. The minimum atomic E-state index is -5.08. The van der Waals surface area contributed by atoms with E-state index in [1.54, 1.807) is 12.1 Å². The predicted molar refractivity (Wildman–Crippen MR) is 129 cm³/mol. The van der Waals surface area contributed by atoms with Crippen molar-refractivity contribution in [1.29, 1.82) is 0 Å². The maximum atomic E-state index is 13.0. The van der Waals surface area contributed by atoms with E-state index in [0.29, 0.717) is 0 Å². The van der Waals surface area contributed by atoms with E-state index in [1.165, 1.54) is 18.7 Å². The largest absolute Gasteiger partial charge is 0.490 e. The number of carbonyl (C=O) groups is 3. The fourth-order valence-corrected chi connectivity index (χ4v) is 4.01. The Bertz CT molecular complexity index is 1140. The SMILES string of the molecule is Fc1ccc(CN2CC3CN(Cc4ccccn4)CC3C2)cc1.O=C(O)C(F)(F)F.O=C(O)C(F)(F)F.O=C(O)C(F)(F)F. The molecule has 9 nitrogen and oxygen atoms in total. The number of pyridine rings is 1. The lowest BCUT2D eigenvalue weighted by atomic mass is 10.0. The van der Waals surface area contributed by atoms with Crippen LogP contribution in [-0.2, 0) is 27.5 Å². The van der Waals surface area contributed by atoms with Crippen LogP contribution in [0, 0.1) is 17.7 Å². The van der Waals surface area contributed by atoms with Crippen LogP contribution in [0.2, 0.25) is 0 Å². The first-order chi connectivity index (χ1) is 20.1. The Morgan fingerprint density at radius 1 is 0.659 bits per heavy atom. The van der Waals surface area contributed by atoms with Crippen LogP contribution < -0.4 is 0 Å². The second-order valence-corrected chi connectivity index (χ2v) is 9.26. The summed E-state index contributed by atoms with van der Waals surface area (Å²) < 4.78 is 108. The van der Waals surface area contributed by atoms with Crippen molar-refractivity contribution >= 4 is 17.9 Å². The van der Waals surface area contributed by atoms with Gasteiger partial charge in [0.15, 0.2) is 0 Å². The molecule has 2 saturated heterocycles. The first kappa shape index (κ1) is 38.0. The lowest BCUT2D eigenvalue weighted by molar-refractivity contribution is -0.193. The van der Waals surface area contributed by atoms with Crippen molar-refractivity contribution in [2.45, 2.75) is 31.6 Å². The molecule has 0 aliphatic carbocycles. The molecule has 2 aliphatic heterocycles. The highest BCUT2D eigenvalue weighted by molar-refractivity contribution is 5.73. The molecule has 0 bridgehead atoms. The van der Waals surface area contributed by atoms with Gasteiger partial charge in [0.1, 0.15) is 5.82 Å². The second kappa shape index (κ2) is 16.2. The Kier molecular flexibility index (Phi) is 14.0. The van der Waals surface area contributed by atoms with Gasteiger partial charge < -0.3 is 15.3 Å². The van der Waals surface area contributed by atoms with Gasteiger partial charge in [-0.1, -0.05) is 18.2 Å². The lowest BCUT2D eigenvalue weighted by Gasteiger charge is -2.21. The number of fused-ring (bicyclic) bond motifs is 1. The van der Waals surface area contributed by atoms with Crippen LogP contribution in [-0.4, -0.2) is 92.7 Å². The second-order valence-electron chi connectivity index (χ2n) is 9.26.